The van der Waals surface area contributed by atoms with Gasteiger partial charge in [0.1, 0.15) is 0 Å². The van der Waals surface area contributed by atoms with E-state index in [9.17, 15) is 0 Å². The van der Waals surface area contributed by atoms with Crippen molar-refractivity contribution >= 4 is 0 Å². The molecule has 0 unspecified atom stereocenters. The predicted octanol–water partition coefficient (Wildman–Crippen LogP) is 0.387. The third-order valence-corrected chi connectivity index (χ3v) is 0. The summed E-state index contributed by atoms with van der Waals surface area (Å²) < 4.78 is 0. The number of aliphatic hydroxyl groups excluding tert-OH is 1. The molecule has 0 aromatic heterocycles. The normalized spacial score (nSPS) is 6.00. The Morgan fingerprint density at radius 1 is 1.17 bits per heavy atom. The monoisotopic (exact) mass is 342 g/mol. The van der Waals surface area contributed by atoms with E-state index in [1.165, 1.54) is 0 Å². The van der Waals surface area contributed by atoms with E-state index in [4.69, 9.17) is 5.11 Å². The minimum absolute atomic E-state index is 0. The van der Waals surface area contributed by atoms with Crippen LogP contribution in [0.25, 0.3) is 0 Å². The Morgan fingerprint density at radius 2 is 1.17 bits per heavy atom. The SMILES string of the molecule is CC(C)O.[Pr].[Pr]. The van der Waals surface area contributed by atoms with Crippen molar-refractivity contribution in [1.29, 1.82) is 0 Å². The second-order valence-electron chi connectivity index (χ2n) is 1.09. The van der Waals surface area contributed by atoms with Crippen LogP contribution < -0.4 is 0 Å². The molecule has 0 aromatic rings. The van der Waals surface area contributed by atoms with Crippen molar-refractivity contribution in [2.24, 2.45) is 0 Å². The largest absolute Gasteiger partial charge is 0.394 e. The van der Waals surface area contributed by atoms with E-state index in [1.54, 1.807) is 13.8 Å². The third kappa shape index (κ3) is 30.0. The molecule has 0 heterocycles. The molecule has 0 bridgehead atoms. The molecule has 0 spiro atoms. The quantitative estimate of drug-likeness (QED) is 0.676. The Balaban J connectivity index is -0.0000000450. The Labute approximate surface area is 105 Å². The molecule has 0 fully saturated rings. The average Bonchev–Trinajstić information content (AvgIpc) is 0.811. The molecule has 1 nitrogen and oxygen atoms in total. The van der Waals surface area contributed by atoms with Gasteiger partial charge in [0.15, 0.2) is 0 Å². The molecule has 32 valence electrons. The first-order valence-corrected chi connectivity index (χ1v) is 1.41. The molecule has 1 N–H and O–H groups in total. The maximum Gasteiger partial charge on any atom is 0.0483 e. The first-order chi connectivity index (χ1) is 1.73. The van der Waals surface area contributed by atoms with E-state index >= 15 is 0 Å². The molecule has 0 rings (SSSR count). The maximum atomic E-state index is 8.06. The van der Waals surface area contributed by atoms with Crippen molar-refractivity contribution < 1.29 is 87.7 Å². The van der Waals surface area contributed by atoms with Crippen LogP contribution in [0.4, 0.5) is 0 Å². The fourth-order valence-electron chi connectivity index (χ4n) is 0. The van der Waals surface area contributed by atoms with Crippen molar-refractivity contribution in [2.75, 3.05) is 0 Å². The van der Waals surface area contributed by atoms with Gasteiger partial charge in [0.05, 0.1) is 0 Å². The van der Waals surface area contributed by atoms with Crippen LogP contribution in [0.3, 0.4) is 0 Å². The van der Waals surface area contributed by atoms with Gasteiger partial charge in [0, 0.05) is 88.7 Å². The van der Waals surface area contributed by atoms with Crippen molar-refractivity contribution in [2.45, 2.75) is 20.0 Å². The van der Waals surface area contributed by atoms with Crippen LogP contribution in [0.5, 0.6) is 0 Å². The molecule has 0 aromatic carbocycles. The predicted molar refractivity (Wildman–Crippen MR) is 17.4 cm³/mol. The maximum absolute atomic E-state index is 8.06. The summed E-state index contributed by atoms with van der Waals surface area (Å²) in [5.41, 5.74) is 0. The molecule has 0 saturated carbocycles. The Kier molecular flexibility index (Phi) is 28.1. The van der Waals surface area contributed by atoms with E-state index in [-0.39, 0.29) is 88.7 Å². The van der Waals surface area contributed by atoms with E-state index in [0.29, 0.717) is 0 Å². The smallest absolute Gasteiger partial charge is 0.0483 e. The topological polar surface area (TPSA) is 20.2 Å². The van der Waals surface area contributed by atoms with Gasteiger partial charge in [-0.3, -0.25) is 0 Å². The zero-order valence-electron chi connectivity index (χ0n) is 4.18. The van der Waals surface area contributed by atoms with E-state index in [1.807, 2.05) is 0 Å². The van der Waals surface area contributed by atoms with Crippen LogP contribution in [0.15, 0.2) is 0 Å². The second kappa shape index (κ2) is 10.6. The zero-order valence-corrected chi connectivity index (χ0v) is 11.6. The van der Waals surface area contributed by atoms with Gasteiger partial charge < -0.3 is 5.11 Å². The van der Waals surface area contributed by atoms with Gasteiger partial charge in [-0.15, -0.1) is 0 Å². The molecule has 0 atom stereocenters. The molecule has 0 aliphatic carbocycles. The number of hydrogen-bond acceptors (Lipinski definition) is 1. The van der Waals surface area contributed by atoms with Crippen molar-refractivity contribution in [3.63, 3.8) is 0 Å². The minimum Gasteiger partial charge on any atom is -0.394 e. The molecule has 0 amide bonds. The summed E-state index contributed by atoms with van der Waals surface area (Å²) in [5.74, 6) is 0. The Hall–Kier alpha value is 2.69. The third-order valence-electron chi connectivity index (χ3n) is 0. The van der Waals surface area contributed by atoms with Crippen LogP contribution in [-0.2, 0) is 0 Å². The number of hydrogen-bond donors (Lipinski definition) is 1. The summed E-state index contributed by atoms with van der Waals surface area (Å²) in [6.07, 6.45) is -0.167. The first kappa shape index (κ1) is 15.9. The van der Waals surface area contributed by atoms with Gasteiger partial charge in [0.25, 0.3) is 0 Å². The van der Waals surface area contributed by atoms with Crippen LogP contribution in [-0.4, -0.2) is 11.2 Å². The standard InChI is InChI=1S/C3H8O.2Pr/c1-3(2)4;;/h3-4H,1-2H3;;. The van der Waals surface area contributed by atoms with Crippen molar-refractivity contribution in [3.05, 3.63) is 0 Å². The second-order valence-corrected chi connectivity index (χ2v) is 1.09. The van der Waals surface area contributed by atoms with Gasteiger partial charge >= 0.3 is 0 Å². The van der Waals surface area contributed by atoms with Crippen molar-refractivity contribution in [1.82, 2.24) is 0 Å². The molecular weight excluding hydrogens is 334 g/mol. The van der Waals surface area contributed by atoms with E-state index in [0.717, 1.165) is 0 Å². The fraction of sp³-hybridized carbons (Fsp3) is 1.00. The molecule has 2 radical (unpaired) electrons. The molecule has 6 heavy (non-hydrogen) atoms. The van der Waals surface area contributed by atoms with Crippen LogP contribution in [0, 0.1) is 82.6 Å². The van der Waals surface area contributed by atoms with Crippen molar-refractivity contribution in [3.8, 4) is 0 Å². The molecule has 0 aliphatic rings. The van der Waals surface area contributed by atoms with Crippen LogP contribution >= 0.6 is 0 Å². The first-order valence-electron chi connectivity index (χ1n) is 1.41. The van der Waals surface area contributed by atoms with Gasteiger partial charge in [-0.2, -0.15) is 0 Å². The molecular formula is C3H8OPr2. The molecule has 3 heteroatoms. The number of rotatable bonds is 0. The fourth-order valence-corrected chi connectivity index (χ4v) is 0. The summed E-state index contributed by atoms with van der Waals surface area (Å²) in [7, 11) is 0. The van der Waals surface area contributed by atoms with Gasteiger partial charge in [-0.1, -0.05) is 0 Å². The summed E-state index contributed by atoms with van der Waals surface area (Å²) in [6, 6.07) is 0. The zero-order chi connectivity index (χ0) is 3.58. The minimum atomic E-state index is -0.167. The number of aliphatic hydroxyl groups is 1. The van der Waals surface area contributed by atoms with Crippen LogP contribution in [0.1, 0.15) is 13.8 Å². The summed E-state index contributed by atoms with van der Waals surface area (Å²) in [5, 5.41) is 8.06. The van der Waals surface area contributed by atoms with Gasteiger partial charge in [-0.25, -0.2) is 0 Å². The summed E-state index contributed by atoms with van der Waals surface area (Å²) in [6.45, 7) is 3.44. The van der Waals surface area contributed by atoms with Gasteiger partial charge in [-0.05, 0) is 13.8 Å². The van der Waals surface area contributed by atoms with Gasteiger partial charge in [0.2, 0.25) is 0 Å². The molecule has 0 saturated heterocycles. The van der Waals surface area contributed by atoms with E-state index in [2.05, 4.69) is 0 Å². The average molecular weight is 342 g/mol. The van der Waals surface area contributed by atoms with Crippen LogP contribution in [0.2, 0.25) is 0 Å². The Morgan fingerprint density at radius 3 is 1.17 bits per heavy atom. The summed E-state index contributed by atoms with van der Waals surface area (Å²) in [4.78, 5) is 0. The Bertz CT molecular complexity index is 13.5. The van der Waals surface area contributed by atoms with E-state index < -0.39 is 0 Å². The summed E-state index contributed by atoms with van der Waals surface area (Å²) >= 11 is 0. The molecule has 0 aliphatic heterocycles.